The van der Waals surface area contributed by atoms with Crippen LogP contribution in [0.4, 0.5) is 5.69 Å². The second kappa shape index (κ2) is 5.68. The lowest BCUT2D eigenvalue weighted by molar-refractivity contribution is 0.340. The predicted molar refractivity (Wildman–Crippen MR) is 71.8 cm³/mol. The normalized spacial score (nSPS) is 10.2. The summed E-state index contributed by atoms with van der Waals surface area (Å²) < 4.78 is 5.45. The lowest BCUT2D eigenvalue weighted by Crippen LogP contribution is -2.01. The Hall–Kier alpha value is -1.55. The lowest BCUT2D eigenvalue weighted by Gasteiger charge is -2.10. The van der Waals surface area contributed by atoms with Gasteiger partial charge in [0.05, 0.1) is 24.4 Å². The third-order valence-electron chi connectivity index (χ3n) is 2.45. The minimum Gasteiger partial charge on any atom is -0.494 e. The highest BCUT2D eigenvalue weighted by Crippen LogP contribution is 2.21. The van der Waals surface area contributed by atoms with E-state index in [0.717, 1.165) is 23.7 Å². The van der Waals surface area contributed by atoms with Crippen molar-refractivity contribution in [3.8, 4) is 5.75 Å². The molecule has 1 aromatic carbocycles. The van der Waals surface area contributed by atoms with Crippen molar-refractivity contribution in [1.82, 2.24) is 4.98 Å². The van der Waals surface area contributed by atoms with Crippen LogP contribution >= 0.6 is 11.3 Å². The summed E-state index contributed by atoms with van der Waals surface area (Å²) in [5, 5.41) is 5.43. The van der Waals surface area contributed by atoms with Crippen LogP contribution in [0, 0.1) is 6.92 Å². The number of aryl methyl sites for hydroxylation is 1. The third kappa shape index (κ3) is 3.20. The SMILES string of the molecule is CCOc1ccc(NCc2cscn2)c(C)c1. The van der Waals surface area contributed by atoms with Crippen LogP contribution in [0.5, 0.6) is 5.75 Å². The van der Waals surface area contributed by atoms with Crippen LogP contribution in [-0.2, 0) is 6.54 Å². The molecule has 90 valence electrons. The van der Waals surface area contributed by atoms with Gasteiger partial charge in [-0.2, -0.15) is 0 Å². The average Bonchev–Trinajstić information content (AvgIpc) is 2.81. The molecule has 0 aliphatic rings. The maximum absolute atomic E-state index is 5.45. The Morgan fingerprint density at radius 3 is 2.94 bits per heavy atom. The molecule has 0 aliphatic heterocycles. The standard InChI is InChI=1S/C13H16N2OS/c1-3-16-12-4-5-13(10(2)6-12)14-7-11-8-17-9-15-11/h4-6,8-9,14H,3,7H2,1-2H3. The molecule has 0 atom stereocenters. The Bertz CT molecular complexity index is 468. The third-order valence-corrected chi connectivity index (χ3v) is 3.09. The van der Waals surface area contributed by atoms with Crippen molar-refractivity contribution < 1.29 is 4.74 Å². The largest absolute Gasteiger partial charge is 0.494 e. The van der Waals surface area contributed by atoms with E-state index in [0.29, 0.717) is 6.61 Å². The van der Waals surface area contributed by atoms with E-state index in [1.165, 1.54) is 5.56 Å². The van der Waals surface area contributed by atoms with E-state index >= 15 is 0 Å². The zero-order chi connectivity index (χ0) is 12.1. The minimum atomic E-state index is 0.699. The first-order valence-electron chi connectivity index (χ1n) is 5.64. The number of hydrogen-bond donors (Lipinski definition) is 1. The van der Waals surface area contributed by atoms with Crippen molar-refractivity contribution in [3.63, 3.8) is 0 Å². The van der Waals surface area contributed by atoms with E-state index < -0.39 is 0 Å². The molecule has 1 heterocycles. The van der Waals surface area contributed by atoms with Crippen LogP contribution in [-0.4, -0.2) is 11.6 Å². The van der Waals surface area contributed by atoms with Gasteiger partial charge in [0.15, 0.2) is 0 Å². The van der Waals surface area contributed by atoms with E-state index in [9.17, 15) is 0 Å². The quantitative estimate of drug-likeness (QED) is 0.879. The van der Waals surface area contributed by atoms with Gasteiger partial charge in [-0.15, -0.1) is 11.3 Å². The zero-order valence-electron chi connectivity index (χ0n) is 10.1. The van der Waals surface area contributed by atoms with E-state index in [-0.39, 0.29) is 0 Å². The molecule has 0 spiro atoms. The number of benzene rings is 1. The summed E-state index contributed by atoms with van der Waals surface area (Å²) in [6, 6.07) is 6.08. The molecular weight excluding hydrogens is 232 g/mol. The number of thiazole rings is 1. The van der Waals surface area contributed by atoms with Crippen LogP contribution in [0.25, 0.3) is 0 Å². The van der Waals surface area contributed by atoms with Gasteiger partial charge < -0.3 is 10.1 Å². The zero-order valence-corrected chi connectivity index (χ0v) is 10.9. The molecule has 1 N–H and O–H groups in total. The second-order valence-electron chi connectivity index (χ2n) is 3.74. The highest BCUT2D eigenvalue weighted by atomic mass is 32.1. The van der Waals surface area contributed by atoms with Crippen LogP contribution in [0.2, 0.25) is 0 Å². The minimum absolute atomic E-state index is 0.699. The number of nitrogens with zero attached hydrogens (tertiary/aromatic N) is 1. The van der Waals surface area contributed by atoms with Gasteiger partial charge in [-0.3, -0.25) is 0 Å². The van der Waals surface area contributed by atoms with Crippen LogP contribution < -0.4 is 10.1 Å². The van der Waals surface area contributed by atoms with Crippen LogP contribution in [0.3, 0.4) is 0 Å². The number of aromatic nitrogens is 1. The Morgan fingerprint density at radius 2 is 2.29 bits per heavy atom. The molecule has 0 fully saturated rings. The lowest BCUT2D eigenvalue weighted by atomic mass is 10.2. The van der Waals surface area contributed by atoms with Gasteiger partial charge >= 0.3 is 0 Å². The smallest absolute Gasteiger partial charge is 0.119 e. The molecule has 0 unspecified atom stereocenters. The Kier molecular flexibility index (Phi) is 3.98. The van der Waals surface area contributed by atoms with Crippen molar-refractivity contribution in [2.75, 3.05) is 11.9 Å². The Balaban J connectivity index is 2.01. The number of hydrogen-bond acceptors (Lipinski definition) is 4. The van der Waals surface area contributed by atoms with Crippen molar-refractivity contribution in [1.29, 1.82) is 0 Å². The molecular formula is C13H16N2OS. The number of nitrogens with one attached hydrogen (secondary N) is 1. The fourth-order valence-corrected chi connectivity index (χ4v) is 2.16. The molecule has 0 aliphatic carbocycles. The maximum atomic E-state index is 5.45. The van der Waals surface area contributed by atoms with Crippen LogP contribution in [0.1, 0.15) is 18.2 Å². The molecule has 0 bridgehead atoms. The van der Waals surface area contributed by atoms with Gasteiger partial charge in [0.1, 0.15) is 5.75 Å². The summed E-state index contributed by atoms with van der Waals surface area (Å²) in [4.78, 5) is 4.24. The number of ether oxygens (including phenoxy) is 1. The molecule has 17 heavy (non-hydrogen) atoms. The summed E-state index contributed by atoms with van der Waals surface area (Å²) in [6.07, 6.45) is 0. The summed E-state index contributed by atoms with van der Waals surface area (Å²) in [6.45, 7) is 5.53. The number of rotatable bonds is 5. The number of anilines is 1. The van der Waals surface area contributed by atoms with Crippen molar-refractivity contribution in [2.45, 2.75) is 20.4 Å². The molecule has 0 radical (unpaired) electrons. The van der Waals surface area contributed by atoms with E-state index in [4.69, 9.17) is 4.74 Å². The molecule has 3 nitrogen and oxygen atoms in total. The van der Waals surface area contributed by atoms with Gasteiger partial charge in [-0.05, 0) is 37.6 Å². The van der Waals surface area contributed by atoms with Gasteiger partial charge in [0.25, 0.3) is 0 Å². The van der Waals surface area contributed by atoms with Crippen molar-refractivity contribution in [3.05, 3.63) is 40.3 Å². The Morgan fingerprint density at radius 1 is 1.41 bits per heavy atom. The van der Waals surface area contributed by atoms with Crippen molar-refractivity contribution in [2.24, 2.45) is 0 Å². The molecule has 0 saturated carbocycles. The van der Waals surface area contributed by atoms with Crippen LogP contribution in [0.15, 0.2) is 29.1 Å². The van der Waals surface area contributed by atoms with Crippen molar-refractivity contribution >= 4 is 17.0 Å². The fraction of sp³-hybridized carbons (Fsp3) is 0.308. The van der Waals surface area contributed by atoms with Gasteiger partial charge in [0.2, 0.25) is 0 Å². The molecule has 1 aromatic heterocycles. The van der Waals surface area contributed by atoms with Gasteiger partial charge in [-0.25, -0.2) is 4.98 Å². The first kappa shape index (κ1) is 11.9. The average molecular weight is 248 g/mol. The van der Waals surface area contributed by atoms with Gasteiger partial charge in [0, 0.05) is 11.1 Å². The molecule has 0 amide bonds. The second-order valence-corrected chi connectivity index (χ2v) is 4.46. The highest BCUT2D eigenvalue weighted by molar-refractivity contribution is 7.07. The first-order valence-corrected chi connectivity index (χ1v) is 6.58. The summed E-state index contributed by atoms with van der Waals surface area (Å²) in [5.74, 6) is 0.921. The predicted octanol–water partition coefficient (Wildman–Crippen LogP) is 3.46. The molecule has 2 rings (SSSR count). The fourth-order valence-electron chi connectivity index (χ4n) is 1.60. The van der Waals surface area contributed by atoms with Gasteiger partial charge in [-0.1, -0.05) is 0 Å². The van der Waals surface area contributed by atoms with E-state index in [1.807, 2.05) is 30.6 Å². The van der Waals surface area contributed by atoms with E-state index in [2.05, 4.69) is 22.6 Å². The summed E-state index contributed by atoms with van der Waals surface area (Å²) in [7, 11) is 0. The molecule has 4 heteroatoms. The monoisotopic (exact) mass is 248 g/mol. The highest BCUT2D eigenvalue weighted by Gasteiger charge is 2.01. The maximum Gasteiger partial charge on any atom is 0.119 e. The summed E-state index contributed by atoms with van der Waals surface area (Å²) >= 11 is 1.62. The Labute approximate surface area is 105 Å². The molecule has 0 saturated heterocycles. The first-order chi connectivity index (χ1) is 8.29. The summed E-state index contributed by atoms with van der Waals surface area (Å²) in [5.41, 5.74) is 5.23. The molecule has 2 aromatic rings. The van der Waals surface area contributed by atoms with E-state index in [1.54, 1.807) is 11.3 Å². The topological polar surface area (TPSA) is 34.1 Å².